The van der Waals surface area contributed by atoms with E-state index in [0.717, 1.165) is 22.0 Å². The molecule has 5 nitrogen and oxygen atoms in total. The van der Waals surface area contributed by atoms with Gasteiger partial charge in [-0.05, 0) is 42.7 Å². The van der Waals surface area contributed by atoms with Crippen LogP contribution in [0.2, 0.25) is 5.02 Å². The molecule has 134 valence electrons. The summed E-state index contributed by atoms with van der Waals surface area (Å²) in [4.78, 5) is 17.2. The summed E-state index contributed by atoms with van der Waals surface area (Å²) in [5, 5.41) is 11.5. The molecule has 2 N–H and O–H groups in total. The van der Waals surface area contributed by atoms with E-state index >= 15 is 0 Å². The van der Waals surface area contributed by atoms with Crippen molar-refractivity contribution in [3.63, 3.8) is 0 Å². The third kappa shape index (κ3) is 2.99. The second kappa shape index (κ2) is 6.57. The molecule has 1 fully saturated rings. The number of H-pyrrole nitrogens is 1. The average molecular weight is 371 g/mol. The first kappa shape index (κ1) is 16.8. The molecule has 0 aliphatic carbocycles. The number of carbonyl (C=O) groups excluding carboxylic acids is 1. The van der Waals surface area contributed by atoms with E-state index in [1.54, 1.807) is 17.0 Å². The molecule has 1 aromatic heterocycles. The van der Waals surface area contributed by atoms with Crippen molar-refractivity contribution in [1.29, 1.82) is 0 Å². The van der Waals surface area contributed by atoms with Gasteiger partial charge >= 0.3 is 6.09 Å². The van der Waals surface area contributed by atoms with E-state index < -0.39 is 0 Å². The van der Waals surface area contributed by atoms with Gasteiger partial charge in [0.25, 0.3) is 0 Å². The second-order valence-electron chi connectivity index (χ2n) is 6.65. The zero-order valence-corrected chi connectivity index (χ0v) is 15.0. The average Bonchev–Trinajstić information content (AvgIpc) is 3.20. The number of nitrogens with zero attached hydrogens (tertiary/aromatic N) is 1. The summed E-state index contributed by atoms with van der Waals surface area (Å²) in [7, 11) is 0. The van der Waals surface area contributed by atoms with E-state index in [2.05, 4.69) is 4.98 Å². The first-order valence-electron chi connectivity index (χ1n) is 8.53. The first-order valence-corrected chi connectivity index (χ1v) is 8.91. The third-order valence-corrected chi connectivity index (χ3v) is 5.12. The largest absolute Gasteiger partial charge is 0.506 e. The summed E-state index contributed by atoms with van der Waals surface area (Å²) < 4.78 is 5.54. The smallest absolute Gasteiger partial charge is 0.410 e. The lowest BCUT2D eigenvalue weighted by atomic mass is 10.0. The van der Waals surface area contributed by atoms with Gasteiger partial charge in [-0.3, -0.25) is 0 Å². The number of halogens is 1. The van der Waals surface area contributed by atoms with Crippen molar-refractivity contribution in [2.24, 2.45) is 0 Å². The molecular formula is C20H19ClN2O3. The quantitative estimate of drug-likeness (QED) is 0.702. The van der Waals surface area contributed by atoms with Crippen LogP contribution in [0, 0.1) is 0 Å². The number of amides is 1. The van der Waals surface area contributed by atoms with Crippen LogP contribution >= 0.6 is 11.6 Å². The number of nitrogens with one attached hydrogen (secondary N) is 1. The summed E-state index contributed by atoms with van der Waals surface area (Å²) >= 11 is 6.04. The Bertz CT molecular complexity index is 969. The van der Waals surface area contributed by atoms with Gasteiger partial charge < -0.3 is 19.7 Å². The molecule has 2 atom stereocenters. The lowest BCUT2D eigenvalue weighted by molar-refractivity contribution is 0.129. The molecule has 0 bridgehead atoms. The summed E-state index contributed by atoms with van der Waals surface area (Å²) in [5.41, 5.74) is 2.68. The van der Waals surface area contributed by atoms with Crippen LogP contribution in [-0.2, 0) is 11.2 Å². The van der Waals surface area contributed by atoms with Crippen LogP contribution in [0.4, 0.5) is 4.79 Å². The Morgan fingerprint density at radius 2 is 2.15 bits per heavy atom. The molecule has 0 unspecified atom stereocenters. The van der Waals surface area contributed by atoms with Gasteiger partial charge in [0.15, 0.2) is 0 Å². The maximum atomic E-state index is 12.4. The minimum atomic E-state index is -0.315. The number of benzene rings is 2. The van der Waals surface area contributed by atoms with Crippen molar-refractivity contribution in [3.8, 4) is 5.75 Å². The number of para-hydroxylation sites is 1. The molecule has 3 aromatic rings. The predicted molar refractivity (Wildman–Crippen MR) is 101 cm³/mol. The van der Waals surface area contributed by atoms with Crippen LogP contribution in [-0.4, -0.2) is 33.7 Å². The molecule has 1 amide bonds. The van der Waals surface area contributed by atoms with E-state index in [1.165, 1.54) is 0 Å². The number of aromatic hydroxyl groups is 1. The van der Waals surface area contributed by atoms with Gasteiger partial charge in [-0.2, -0.15) is 0 Å². The van der Waals surface area contributed by atoms with E-state index in [1.807, 2.05) is 43.5 Å². The normalized spacial score (nSPS) is 18.3. The summed E-state index contributed by atoms with van der Waals surface area (Å²) in [6.07, 6.45) is 1.93. The molecule has 0 spiro atoms. The van der Waals surface area contributed by atoms with Gasteiger partial charge in [-0.25, -0.2) is 4.79 Å². The fourth-order valence-corrected chi connectivity index (χ4v) is 3.71. The highest BCUT2D eigenvalue weighted by molar-refractivity contribution is 6.30. The van der Waals surface area contributed by atoms with Gasteiger partial charge in [0.05, 0.1) is 12.1 Å². The summed E-state index contributed by atoms with van der Waals surface area (Å²) in [6.45, 7) is 2.50. The number of aromatic amines is 1. The number of aromatic nitrogens is 1. The van der Waals surface area contributed by atoms with Crippen molar-refractivity contribution in [1.82, 2.24) is 9.88 Å². The number of fused-ring (bicyclic) bond motifs is 1. The van der Waals surface area contributed by atoms with Crippen molar-refractivity contribution in [3.05, 3.63) is 64.8 Å². The van der Waals surface area contributed by atoms with E-state index in [0.29, 0.717) is 18.0 Å². The number of phenols is 1. The fraction of sp³-hybridized carbons (Fsp3) is 0.250. The minimum absolute atomic E-state index is 0.0342. The van der Waals surface area contributed by atoms with E-state index in [-0.39, 0.29) is 24.0 Å². The van der Waals surface area contributed by atoms with Crippen LogP contribution in [0.3, 0.4) is 0 Å². The Labute approximate surface area is 156 Å². The second-order valence-corrected chi connectivity index (χ2v) is 7.08. The van der Waals surface area contributed by atoms with Gasteiger partial charge in [-0.15, -0.1) is 0 Å². The highest BCUT2D eigenvalue weighted by atomic mass is 35.5. The van der Waals surface area contributed by atoms with Crippen molar-refractivity contribution in [2.45, 2.75) is 25.5 Å². The van der Waals surface area contributed by atoms with Crippen LogP contribution in [0.5, 0.6) is 5.75 Å². The van der Waals surface area contributed by atoms with Crippen LogP contribution in [0.1, 0.15) is 24.2 Å². The van der Waals surface area contributed by atoms with E-state index in [4.69, 9.17) is 16.3 Å². The Morgan fingerprint density at radius 1 is 1.35 bits per heavy atom. The monoisotopic (exact) mass is 370 g/mol. The maximum absolute atomic E-state index is 12.4. The minimum Gasteiger partial charge on any atom is -0.506 e. The van der Waals surface area contributed by atoms with Gasteiger partial charge in [-0.1, -0.05) is 35.9 Å². The highest BCUT2D eigenvalue weighted by Gasteiger charge is 2.35. The number of ether oxygens (including phenoxy) is 1. The Balaban J connectivity index is 1.52. The van der Waals surface area contributed by atoms with E-state index in [9.17, 15) is 9.90 Å². The number of rotatable bonds is 4. The van der Waals surface area contributed by atoms with Crippen LogP contribution in [0.15, 0.2) is 48.7 Å². The number of phenolic OH excluding ortho intramolecular Hbond substituents is 1. The number of hydrogen-bond acceptors (Lipinski definition) is 3. The zero-order valence-electron chi connectivity index (χ0n) is 14.3. The van der Waals surface area contributed by atoms with Crippen LogP contribution < -0.4 is 0 Å². The molecule has 1 aliphatic rings. The summed E-state index contributed by atoms with van der Waals surface area (Å²) in [5.74, 6) is 0.225. The molecule has 4 rings (SSSR count). The zero-order chi connectivity index (χ0) is 18.3. The SMILES string of the molecule is C[C@H](Cc1c[nH]c2c(O)cccc12)N1C[C@@H](c2cccc(Cl)c2)OC1=O. The molecular weight excluding hydrogens is 352 g/mol. The number of cyclic esters (lactones) is 1. The lowest BCUT2D eigenvalue weighted by Crippen LogP contribution is -2.35. The lowest BCUT2D eigenvalue weighted by Gasteiger charge is -2.21. The molecule has 2 aromatic carbocycles. The number of hydrogen-bond donors (Lipinski definition) is 2. The molecule has 1 aliphatic heterocycles. The molecule has 1 saturated heterocycles. The Morgan fingerprint density at radius 3 is 2.96 bits per heavy atom. The fourth-order valence-electron chi connectivity index (χ4n) is 3.51. The molecule has 26 heavy (non-hydrogen) atoms. The molecule has 0 saturated carbocycles. The first-order chi connectivity index (χ1) is 12.5. The molecule has 6 heteroatoms. The predicted octanol–water partition coefficient (Wildman–Crippen LogP) is 4.65. The van der Waals surface area contributed by atoms with Gasteiger partial charge in [0, 0.05) is 22.6 Å². The maximum Gasteiger partial charge on any atom is 0.410 e. The molecule has 2 heterocycles. The number of carbonyl (C=O) groups is 1. The van der Waals surface area contributed by atoms with Crippen LogP contribution in [0.25, 0.3) is 10.9 Å². The third-order valence-electron chi connectivity index (χ3n) is 4.89. The topological polar surface area (TPSA) is 65.6 Å². The Hall–Kier alpha value is -2.66. The van der Waals surface area contributed by atoms with Gasteiger partial charge in [0.2, 0.25) is 0 Å². The highest BCUT2D eigenvalue weighted by Crippen LogP contribution is 2.31. The van der Waals surface area contributed by atoms with Crippen molar-refractivity contribution < 1.29 is 14.6 Å². The standard InChI is InChI=1S/C20H19ClN2O3/c1-12(8-14-10-22-19-16(14)6-3-7-17(19)24)23-11-18(26-20(23)25)13-4-2-5-15(21)9-13/h2-7,9-10,12,18,22,24H,8,11H2,1H3/t12-,18+/m1/s1. The van der Waals surface area contributed by atoms with Gasteiger partial charge in [0.1, 0.15) is 11.9 Å². The van der Waals surface area contributed by atoms with Crippen molar-refractivity contribution >= 4 is 28.6 Å². The van der Waals surface area contributed by atoms with Crippen molar-refractivity contribution in [2.75, 3.05) is 6.54 Å². The summed E-state index contributed by atoms with van der Waals surface area (Å²) in [6, 6.07) is 12.8. The Kier molecular flexibility index (Phi) is 4.24. The molecule has 0 radical (unpaired) electrons.